The molecule has 3 heteroatoms. The molecule has 0 aliphatic carbocycles. The van der Waals surface area contributed by atoms with Crippen LogP contribution in [-0.2, 0) is 6.42 Å². The molecular weight excluding hydrogens is 288 g/mol. The van der Waals surface area contributed by atoms with E-state index in [1.165, 1.54) is 5.56 Å². The van der Waals surface area contributed by atoms with Crippen LogP contribution in [0.15, 0.2) is 60.7 Å². The summed E-state index contributed by atoms with van der Waals surface area (Å²) in [6.45, 7) is 1.81. The van der Waals surface area contributed by atoms with E-state index in [1.807, 2.05) is 55.5 Å². The molecule has 0 aliphatic heterocycles. The van der Waals surface area contributed by atoms with Crippen LogP contribution in [0, 0.1) is 5.92 Å². The molecule has 0 fully saturated rings. The minimum absolute atomic E-state index is 0.0691. The van der Waals surface area contributed by atoms with Gasteiger partial charge in [0.1, 0.15) is 11.9 Å². The summed E-state index contributed by atoms with van der Waals surface area (Å²) in [4.78, 5) is 0. The van der Waals surface area contributed by atoms with Crippen LogP contribution in [0.1, 0.15) is 25.3 Å². The topological polar surface area (TPSA) is 49.7 Å². The molecule has 3 atom stereocenters. The summed E-state index contributed by atoms with van der Waals surface area (Å²) in [5.41, 5.74) is 1.31. The first kappa shape index (κ1) is 17.5. The fourth-order valence-corrected chi connectivity index (χ4v) is 2.70. The summed E-state index contributed by atoms with van der Waals surface area (Å²) in [5, 5.41) is 20.0. The Hall–Kier alpha value is -1.84. The van der Waals surface area contributed by atoms with E-state index >= 15 is 0 Å². The predicted molar refractivity (Wildman–Crippen MR) is 92.5 cm³/mol. The summed E-state index contributed by atoms with van der Waals surface area (Å²) in [5.74, 6) is 0.738. The molecule has 2 rings (SSSR count). The lowest BCUT2D eigenvalue weighted by Gasteiger charge is -2.27. The third kappa shape index (κ3) is 5.70. The number of ether oxygens (including phenoxy) is 1. The van der Waals surface area contributed by atoms with Crippen LogP contribution < -0.4 is 4.74 Å². The molecule has 124 valence electrons. The lowest BCUT2D eigenvalue weighted by atomic mass is 9.93. The Bertz CT molecular complexity index is 541. The summed E-state index contributed by atoms with van der Waals surface area (Å²) in [7, 11) is 0. The van der Waals surface area contributed by atoms with Crippen molar-refractivity contribution in [3.8, 4) is 5.75 Å². The van der Waals surface area contributed by atoms with Gasteiger partial charge in [0.05, 0.1) is 12.7 Å². The Morgan fingerprint density at radius 1 is 0.957 bits per heavy atom. The average Bonchev–Trinajstić information content (AvgIpc) is 2.60. The molecule has 0 saturated heterocycles. The highest BCUT2D eigenvalue weighted by atomic mass is 16.5. The molecular formula is C20H26O3. The fraction of sp³-hybridized carbons (Fsp3) is 0.400. The van der Waals surface area contributed by atoms with Crippen LogP contribution in [0.2, 0.25) is 0 Å². The second kappa shape index (κ2) is 9.33. The number of benzene rings is 2. The normalized spacial score (nSPS) is 14.9. The van der Waals surface area contributed by atoms with Crippen LogP contribution in [0.5, 0.6) is 5.75 Å². The van der Waals surface area contributed by atoms with Crippen molar-refractivity contribution in [1.29, 1.82) is 0 Å². The van der Waals surface area contributed by atoms with Crippen LogP contribution >= 0.6 is 0 Å². The summed E-state index contributed by atoms with van der Waals surface area (Å²) < 4.78 is 5.71. The van der Waals surface area contributed by atoms with Gasteiger partial charge in [0, 0.05) is 0 Å². The van der Waals surface area contributed by atoms with Crippen molar-refractivity contribution < 1.29 is 14.9 Å². The molecule has 0 aliphatic rings. The molecule has 3 unspecified atom stereocenters. The Kier molecular flexibility index (Phi) is 7.11. The Morgan fingerprint density at radius 3 is 2.17 bits per heavy atom. The number of hydrogen-bond acceptors (Lipinski definition) is 3. The maximum Gasteiger partial charge on any atom is 0.148 e. The van der Waals surface area contributed by atoms with Crippen molar-refractivity contribution in [2.24, 2.45) is 5.92 Å². The van der Waals surface area contributed by atoms with E-state index in [-0.39, 0.29) is 12.5 Å². The maximum absolute atomic E-state index is 10.5. The monoisotopic (exact) mass is 314 g/mol. The minimum Gasteiger partial charge on any atom is -0.485 e. The molecule has 0 amide bonds. The fourth-order valence-electron chi connectivity index (χ4n) is 2.70. The second-order valence-corrected chi connectivity index (χ2v) is 6.00. The summed E-state index contributed by atoms with van der Waals surface area (Å²) in [6.07, 6.45) is 1.62. The molecule has 0 aromatic heterocycles. The lowest BCUT2D eigenvalue weighted by Crippen LogP contribution is -2.39. The van der Waals surface area contributed by atoms with Gasteiger partial charge in [0.15, 0.2) is 0 Å². The van der Waals surface area contributed by atoms with Gasteiger partial charge in [-0.25, -0.2) is 0 Å². The van der Waals surface area contributed by atoms with Gasteiger partial charge in [-0.15, -0.1) is 0 Å². The zero-order valence-corrected chi connectivity index (χ0v) is 13.6. The zero-order valence-electron chi connectivity index (χ0n) is 13.6. The van der Waals surface area contributed by atoms with Crippen LogP contribution in [0.25, 0.3) is 0 Å². The van der Waals surface area contributed by atoms with Crippen molar-refractivity contribution in [3.05, 3.63) is 66.2 Å². The van der Waals surface area contributed by atoms with Crippen molar-refractivity contribution in [3.63, 3.8) is 0 Å². The number of rotatable bonds is 9. The van der Waals surface area contributed by atoms with Gasteiger partial charge in [-0.05, 0) is 42.9 Å². The molecule has 3 nitrogen and oxygen atoms in total. The van der Waals surface area contributed by atoms with Crippen LogP contribution in [0.4, 0.5) is 0 Å². The standard InChI is InChI=1S/C20H26O3/c1-16(9-8-12-17-10-4-2-5-11-17)20(22)19(15-21)23-18-13-6-3-7-14-18/h2-7,10-11,13-14,16,19-22H,8-9,12,15H2,1H3. The Labute approximate surface area is 138 Å². The molecule has 0 spiro atoms. The highest BCUT2D eigenvalue weighted by Gasteiger charge is 2.25. The highest BCUT2D eigenvalue weighted by Crippen LogP contribution is 2.20. The number of aliphatic hydroxyl groups excluding tert-OH is 2. The average molecular weight is 314 g/mol. The molecule has 2 aromatic carbocycles. The zero-order chi connectivity index (χ0) is 16.5. The van der Waals surface area contributed by atoms with Gasteiger partial charge < -0.3 is 14.9 Å². The minimum atomic E-state index is -0.684. The van der Waals surface area contributed by atoms with Crippen molar-refractivity contribution in [1.82, 2.24) is 0 Å². The molecule has 0 radical (unpaired) electrons. The quantitative estimate of drug-likeness (QED) is 0.745. The molecule has 0 bridgehead atoms. The van der Waals surface area contributed by atoms with E-state index in [0.29, 0.717) is 5.75 Å². The van der Waals surface area contributed by atoms with Crippen LogP contribution in [0.3, 0.4) is 0 Å². The van der Waals surface area contributed by atoms with E-state index in [4.69, 9.17) is 4.74 Å². The third-order valence-corrected chi connectivity index (χ3v) is 4.14. The predicted octanol–water partition coefficient (Wildman–Crippen LogP) is 3.45. The van der Waals surface area contributed by atoms with Gasteiger partial charge in [-0.1, -0.05) is 55.5 Å². The summed E-state index contributed by atoms with van der Waals surface area (Å²) >= 11 is 0. The Morgan fingerprint density at radius 2 is 1.57 bits per heavy atom. The van der Waals surface area contributed by atoms with Crippen molar-refractivity contribution in [2.45, 2.75) is 38.4 Å². The third-order valence-electron chi connectivity index (χ3n) is 4.14. The SMILES string of the molecule is CC(CCCc1ccccc1)C(O)C(CO)Oc1ccccc1. The van der Waals surface area contributed by atoms with Gasteiger partial charge in [0.2, 0.25) is 0 Å². The van der Waals surface area contributed by atoms with E-state index in [1.54, 1.807) is 0 Å². The highest BCUT2D eigenvalue weighted by molar-refractivity contribution is 5.21. The molecule has 23 heavy (non-hydrogen) atoms. The Balaban J connectivity index is 1.81. The van der Waals surface area contributed by atoms with Gasteiger partial charge in [0.25, 0.3) is 0 Å². The first-order valence-corrected chi connectivity index (χ1v) is 8.25. The van der Waals surface area contributed by atoms with Gasteiger partial charge >= 0.3 is 0 Å². The molecule has 0 saturated carbocycles. The number of para-hydroxylation sites is 1. The first-order chi connectivity index (χ1) is 11.2. The van der Waals surface area contributed by atoms with E-state index < -0.39 is 12.2 Å². The summed E-state index contributed by atoms with van der Waals surface area (Å²) in [6, 6.07) is 19.7. The largest absolute Gasteiger partial charge is 0.485 e. The van der Waals surface area contributed by atoms with E-state index in [0.717, 1.165) is 19.3 Å². The first-order valence-electron chi connectivity index (χ1n) is 8.25. The lowest BCUT2D eigenvalue weighted by molar-refractivity contribution is -0.0272. The van der Waals surface area contributed by atoms with Crippen molar-refractivity contribution >= 4 is 0 Å². The molecule has 2 N–H and O–H groups in total. The van der Waals surface area contributed by atoms with Gasteiger partial charge in [-0.2, -0.15) is 0 Å². The number of aliphatic hydroxyl groups is 2. The van der Waals surface area contributed by atoms with E-state index in [2.05, 4.69) is 12.1 Å². The van der Waals surface area contributed by atoms with Crippen LogP contribution in [-0.4, -0.2) is 29.0 Å². The molecule has 2 aromatic rings. The smallest absolute Gasteiger partial charge is 0.148 e. The molecule has 0 heterocycles. The van der Waals surface area contributed by atoms with Crippen molar-refractivity contribution in [2.75, 3.05) is 6.61 Å². The maximum atomic E-state index is 10.5. The van der Waals surface area contributed by atoms with Gasteiger partial charge in [-0.3, -0.25) is 0 Å². The number of hydrogen-bond donors (Lipinski definition) is 2. The second-order valence-electron chi connectivity index (χ2n) is 6.00. The number of aryl methyl sites for hydroxylation is 1. The van der Waals surface area contributed by atoms with E-state index in [9.17, 15) is 10.2 Å².